The van der Waals surface area contributed by atoms with E-state index >= 15 is 0 Å². The molecule has 0 saturated heterocycles. The quantitative estimate of drug-likeness (QED) is 0.780. The molecule has 1 aliphatic carbocycles. The highest BCUT2D eigenvalue weighted by molar-refractivity contribution is 5.11. The highest BCUT2D eigenvalue weighted by Gasteiger charge is 2.39. The van der Waals surface area contributed by atoms with Gasteiger partial charge in [-0.3, -0.25) is 0 Å². The summed E-state index contributed by atoms with van der Waals surface area (Å²) in [4.78, 5) is 0. The molecule has 3 atom stereocenters. The minimum atomic E-state index is -0.593. The summed E-state index contributed by atoms with van der Waals surface area (Å²) in [5.74, 6) is 0.860. The van der Waals surface area contributed by atoms with Crippen LogP contribution in [0.15, 0.2) is 0 Å². The van der Waals surface area contributed by atoms with E-state index in [4.69, 9.17) is 15.7 Å². The zero-order chi connectivity index (χ0) is 12.2. The van der Waals surface area contributed by atoms with E-state index in [2.05, 4.69) is 26.8 Å². The van der Waals surface area contributed by atoms with Gasteiger partial charge in [0.2, 0.25) is 0 Å². The van der Waals surface area contributed by atoms with Crippen LogP contribution in [0.25, 0.3) is 0 Å². The predicted molar refractivity (Wildman–Crippen MR) is 64.7 cm³/mol. The van der Waals surface area contributed by atoms with Crippen LogP contribution in [0.5, 0.6) is 0 Å². The smallest absolute Gasteiger partial charge is 0.107 e. The Labute approximate surface area is 99.0 Å². The van der Waals surface area contributed by atoms with Crippen molar-refractivity contribution in [1.29, 1.82) is 5.26 Å². The van der Waals surface area contributed by atoms with E-state index in [-0.39, 0.29) is 6.10 Å². The standard InChI is InChI=1S/C13H24N2O/c1-10(2)11(3)16-8-6-12-5-4-7-13(12,15)9-14/h10-12H,4-8,15H2,1-3H3. The van der Waals surface area contributed by atoms with E-state index in [1.807, 2.05) is 0 Å². The summed E-state index contributed by atoms with van der Waals surface area (Å²) in [5.41, 5.74) is 5.47. The number of nitrogens with two attached hydrogens (primary N) is 1. The average molecular weight is 224 g/mol. The van der Waals surface area contributed by atoms with Gasteiger partial charge in [0.1, 0.15) is 5.54 Å². The molecule has 92 valence electrons. The Morgan fingerprint density at radius 3 is 2.75 bits per heavy atom. The normalized spacial score (nSPS) is 31.6. The zero-order valence-corrected chi connectivity index (χ0v) is 10.7. The molecule has 3 heteroatoms. The highest BCUT2D eigenvalue weighted by atomic mass is 16.5. The van der Waals surface area contributed by atoms with Crippen LogP contribution in [0.2, 0.25) is 0 Å². The van der Waals surface area contributed by atoms with Gasteiger partial charge in [0.25, 0.3) is 0 Å². The van der Waals surface area contributed by atoms with E-state index in [0.717, 1.165) is 32.3 Å². The molecule has 1 fully saturated rings. The van der Waals surface area contributed by atoms with Crippen molar-refractivity contribution in [2.24, 2.45) is 17.6 Å². The van der Waals surface area contributed by atoms with Gasteiger partial charge in [-0.1, -0.05) is 20.3 Å². The predicted octanol–water partition coefficient (Wildman–Crippen LogP) is 2.46. The van der Waals surface area contributed by atoms with Crippen LogP contribution in [-0.2, 0) is 4.74 Å². The van der Waals surface area contributed by atoms with Crippen LogP contribution in [0.1, 0.15) is 46.5 Å². The van der Waals surface area contributed by atoms with E-state index in [1.54, 1.807) is 0 Å². The molecule has 3 unspecified atom stereocenters. The van der Waals surface area contributed by atoms with E-state index < -0.39 is 5.54 Å². The summed E-state index contributed by atoms with van der Waals surface area (Å²) >= 11 is 0. The molecule has 2 N–H and O–H groups in total. The zero-order valence-electron chi connectivity index (χ0n) is 10.7. The molecule has 3 nitrogen and oxygen atoms in total. The maximum atomic E-state index is 9.08. The lowest BCUT2D eigenvalue weighted by Crippen LogP contribution is -2.42. The molecule has 0 spiro atoms. The second-order valence-electron chi connectivity index (χ2n) is 5.35. The highest BCUT2D eigenvalue weighted by Crippen LogP contribution is 2.35. The van der Waals surface area contributed by atoms with E-state index in [1.165, 1.54) is 0 Å². The Hall–Kier alpha value is -0.590. The summed E-state index contributed by atoms with van der Waals surface area (Å²) in [6.07, 6.45) is 4.20. The molecule has 16 heavy (non-hydrogen) atoms. The lowest BCUT2D eigenvalue weighted by Gasteiger charge is -2.25. The maximum Gasteiger partial charge on any atom is 0.107 e. The van der Waals surface area contributed by atoms with Crippen molar-refractivity contribution >= 4 is 0 Å². The number of nitrogens with zero attached hydrogens (tertiary/aromatic N) is 1. The van der Waals surface area contributed by atoms with Crippen molar-refractivity contribution in [1.82, 2.24) is 0 Å². The molecule has 1 aliphatic rings. The van der Waals surface area contributed by atoms with Gasteiger partial charge < -0.3 is 10.5 Å². The third-order valence-corrected chi connectivity index (χ3v) is 3.87. The van der Waals surface area contributed by atoms with Crippen LogP contribution in [0, 0.1) is 23.2 Å². The number of ether oxygens (including phenoxy) is 1. The maximum absolute atomic E-state index is 9.08. The first-order valence-electron chi connectivity index (χ1n) is 6.31. The van der Waals surface area contributed by atoms with E-state index in [0.29, 0.717) is 11.8 Å². The Morgan fingerprint density at radius 2 is 2.19 bits per heavy atom. The summed E-state index contributed by atoms with van der Waals surface area (Å²) in [6, 6.07) is 2.27. The van der Waals surface area contributed by atoms with Crippen molar-refractivity contribution in [3.63, 3.8) is 0 Å². The summed E-state index contributed by atoms with van der Waals surface area (Å²) in [6.45, 7) is 7.13. The fraction of sp³-hybridized carbons (Fsp3) is 0.923. The third kappa shape index (κ3) is 3.20. The second kappa shape index (κ2) is 5.65. The molecule has 0 aromatic heterocycles. The largest absolute Gasteiger partial charge is 0.378 e. The van der Waals surface area contributed by atoms with Crippen molar-refractivity contribution in [2.75, 3.05) is 6.61 Å². The number of nitriles is 1. The molecule has 1 saturated carbocycles. The first kappa shape index (κ1) is 13.5. The first-order valence-corrected chi connectivity index (χ1v) is 6.31. The Morgan fingerprint density at radius 1 is 1.50 bits per heavy atom. The molecule has 0 amide bonds. The Bertz CT molecular complexity index is 259. The molecule has 1 rings (SSSR count). The Balaban J connectivity index is 2.31. The lowest BCUT2D eigenvalue weighted by atomic mass is 9.87. The molecule has 0 aliphatic heterocycles. The van der Waals surface area contributed by atoms with Crippen molar-refractivity contribution in [2.45, 2.75) is 58.1 Å². The van der Waals surface area contributed by atoms with Crippen LogP contribution < -0.4 is 5.73 Å². The number of rotatable bonds is 5. The molecule has 0 radical (unpaired) electrons. The minimum absolute atomic E-state index is 0.288. The summed E-state index contributed by atoms with van der Waals surface area (Å²) < 4.78 is 5.74. The van der Waals surface area contributed by atoms with Gasteiger partial charge in [-0.2, -0.15) is 5.26 Å². The fourth-order valence-corrected chi connectivity index (χ4v) is 2.24. The van der Waals surface area contributed by atoms with Gasteiger partial charge in [-0.15, -0.1) is 0 Å². The second-order valence-corrected chi connectivity index (χ2v) is 5.35. The van der Waals surface area contributed by atoms with Crippen molar-refractivity contribution in [3.8, 4) is 6.07 Å². The third-order valence-electron chi connectivity index (χ3n) is 3.87. The topological polar surface area (TPSA) is 59.0 Å². The fourth-order valence-electron chi connectivity index (χ4n) is 2.24. The van der Waals surface area contributed by atoms with Crippen LogP contribution in [0.4, 0.5) is 0 Å². The van der Waals surface area contributed by atoms with Crippen LogP contribution in [0.3, 0.4) is 0 Å². The number of hydrogen-bond acceptors (Lipinski definition) is 3. The monoisotopic (exact) mass is 224 g/mol. The molecular weight excluding hydrogens is 200 g/mol. The summed E-state index contributed by atoms with van der Waals surface area (Å²) in [7, 11) is 0. The first-order chi connectivity index (χ1) is 7.49. The van der Waals surface area contributed by atoms with Crippen molar-refractivity contribution in [3.05, 3.63) is 0 Å². The van der Waals surface area contributed by atoms with Crippen molar-refractivity contribution < 1.29 is 4.74 Å². The van der Waals surface area contributed by atoms with Gasteiger partial charge in [-0.25, -0.2) is 0 Å². The molecule has 0 heterocycles. The van der Waals surface area contributed by atoms with E-state index in [9.17, 15) is 0 Å². The van der Waals surface area contributed by atoms with Gasteiger partial charge in [-0.05, 0) is 38.0 Å². The SMILES string of the molecule is CC(C)C(C)OCCC1CCCC1(N)C#N. The molecule has 0 bridgehead atoms. The molecular formula is C13H24N2O. The average Bonchev–Trinajstić information content (AvgIpc) is 2.61. The number of hydrogen-bond donors (Lipinski definition) is 1. The lowest BCUT2D eigenvalue weighted by molar-refractivity contribution is 0.0257. The van der Waals surface area contributed by atoms with Gasteiger partial charge in [0.05, 0.1) is 12.2 Å². The minimum Gasteiger partial charge on any atom is -0.378 e. The Kier molecular flexibility index (Phi) is 4.76. The van der Waals surface area contributed by atoms with Gasteiger partial charge >= 0.3 is 0 Å². The van der Waals surface area contributed by atoms with Crippen LogP contribution in [-0.4, -0.2) is 18.2 Å². The van der Waals surface area contributed by atoms with Gasteiger partial charge in [0, 0.05) is 6.61 Å². The molecule has 0 aromatic carbocycles. The van der Waals surface area contributed by atoms with Gasteiger partial charge in [0.15, 0.2) is 0 Å². The summed E-state index contributed by atoms with van der Waals surface area (Å²) in [5, 5.41) is 9.08. The van der Waals surface area contributed by atoms with Crippen LogP contribution >= 0.6 is 0 Å². The molecule has 0 aromatic rings.